The molecule has 1 aromatic rings. The molecule has 0 N–H and O–H groups in total. The smallest absolute Gasteiger partial charge is 0.330 e. The third kappa shape index (κ3) is 3.38. The molecule has 0 amide bonds. The van der Waals surface area contributed by atoms with E-state index in [4.69, 9.17) is 4.74 Å². The van der Waals surface area contributed by atoms with Gasteiger partial charge in [-0.25, -0.2) is 4.79 Å². The van der Waals surface area contributed by atoms with Crippen LogP contribution in [-0.4, -0.2) is 22.4 Å². The zero-order valence-corrected chi connectivity index (χ0v) is 9.32. The summed E-state index contributed by atoms with van der Waals surface area (Å²) in [6, 6.07) is 0. The molecule has 0 aliphatic carbocycles. The molecule has 4 nitrogen and oxygen atoms in total. The molecule has 0 saturated heterocycles. The quantitative estimate of drug-likeness (QED) is 0.391. The van der Waals surface area contributed by atoms with E-state index < -0.39 is 0 Å². The molecule has 0 spiro atoms. The average Bonchev–Trinajstić information content (AvgIpc) is 2.60. The van der Waals surface area contributed by atoms with Gasteiger partial charge in [0.1, 0.15) is 0 Å². The molecule has 1 aromatic heterocycles. The number of nitrogens with zero attached hydrogens (tertiary/aromatic N) is 2. The molecule has 0 aliphatic heterocycles. The van der Waals surface area contributed by atoms with Gasteiger partial charge in [-0.15, -0.1) is 0 Å². The van der Waals surface area contributed by atoms with Gasteiger partial charge in [0.25, 0.3) is 0 Å². The number of ether oxygens (including phenoxy) is 1. The largest absolute Gasteiger partial charge is 0.463 e. The predicted octanol–water partition coefficient (Wildman–Crippen LogP) is 0.213. The summed E-state index contributed by atoms with van der Waals surface area (Å²) in [5.41, 5.74) is 0. The molecule has 0 radical (unpaired) electrons. The highest BCUT2D eigenvalue weighted by molar-refractivity contribution is 5.81. The Balaban J connectivity index is 2.24. The van der Waals surface area contributed by atoms with Gasteiger partial charge in [0, 0.05) is 17.8 Å². The van der Waals surface area contributed by atoms with Gasteiger partial charge in [-0.3, -0.25) is 4.68 Å². The first-order valence-corrected chi connectivity index (χ1v) is 5.14. The molecule has 0 aliphatic rings. The van der Waals surface area contributed by atoms with Crippen molar-refractivity contribution in [2.75, 3.05) is 6.61 Å². The van der Waals surface area contributed by atoms with Gasteiger partial charge >= 0.3 is 5.97 Å². The summed E-state index contributed by atoms with van der Waals surface area (Å²) < 4.78 is 6.65. The van der Waals surface area contributed by atoms with Crippen molar-refractivity contribution in [3.05, 3.63) is 29.4 Å². The Morgan fingerprint density at radius 2 is 2.25 bits per heavy atom. The first-order chi connectivity index (χ1) is 7.65. The van der Waals surface area contributed by atoms with Crippen LogP contribution in [0.25, 0.3) is 13.2 Å². The summed E-state index contributed by atoms with van der Waals surface area (Å²) >= 11 is 0. The maximum atomic E-state index is 10.7. The Kier molecular flexibility index (Phi) is 4.51. The van der Waals surface area contributed by atoms with Gasteiger partial charge in [-0.2, -0.15) is 5.10 Å². The highest BCUT2D eigenvalue weighted by Crippen LogP contribution is 1.92. The van der Waals surface area contributed by atoms with E-state index in [0.717, 1.165) is 36.0 Å². The van der Waals surface area contributed by atoms with Crippen LogP contribution in [0.1, 0.15) is 12.8 Å². The zero-order valence-electron chi connectivity index (χ0n) is 9.32. The number of unbranched alkanes of at least 4 members (excludes halogenated alkanes) is 1. The minimum absolute atomic E-state index is 0.378. The standard InChI is InChI=1S/C12H16N2O2/c1-4-12(15)16-8-6-5-7-14-11(3)10(2)9-13-14/h4,9H,1-3,5-8H2. The molecule has 0 unspecified atom stereocenters. The molecule has 0 saturated carbocycles. The van der Waals surface area contributed by atoms with Gasteiger partial charge in [-0.05, 0) is 12.8 Å². The lowest BCUT2D eigenvalue weighted by Crippen LogP contribution is -2.26. The summed E-state index contributed by atoms with van der Waals surface area (Å²) in [6.07, 6.45) is 4.54. The number of hydrogen-bond acceptors (Lipinski definition) is 3. The number of hydrogen-bond donors (Lipinski definition) is 0. The van der Waals surface area contributed by atoms with Crippen molar-refractivity contribution < 1.29 is 9.53 Å². The van der Waals surface area contributed by atoms with E-state index in [1.54, 1.807) is 10.9 Å². The number of aryl methyl sites for hydroxylation is 1. The van der Waals surface area contributed by atoms with Gasteiger partial charge in [0.15, 0.2) is 0 Å². The van der Waals surface area contributed by atoms with Crippen molar-refractivity contribution in [3.8, 4) is 0 Å². The molecule has 0 bridgehead atoms. The van der Waals surface area contributed by atoms with Crippen molar-refractivity contribution in [1.29, 1.82) is 0 Å². The summed E-state index contributed by atoms with van der Waals surface area (Å²) in [5, 5.41) is 5.81. The Bertz CT molecular complexity index is 462. The van der Waals surface area contributed by atoms with Crippen LogP contribution in [-0.2, 0) is 16.1 Å². The summed E-state index contributed by atoms with van der Waals surface area (Å²) in [7, 11) is 0. The molecule has 0 aromatic carbocycles. The van der Waals surface area contributed by atoms with Gasteiger partial charge in [0.05, 0.1) is 18.2 Å². The van der Waals surface area contributed by atoms with Crippen LogP contribution in [0.4, 0.5) is 0 Å². The SMILES string of the molecule is C=CC(=O)OCCCCn1ncc(=C)c1=C. The minimum atomic E-state index is -0.378. The van der Waals surface area contributed by atoms with E-state index >= 15 is 0 Å². The summed E-state index contributed by atoms with van der Waals surface area (Å²) in [5.74, 6) is -0.378. The van der Waals surface area contributed by atoms with E-state index in [1.165, 1.54) is 0 Å². The molecule has 1 rings (SSSR count). The van der Waals surface area contributed by atoms with Crippen molar-refractivity contribution in [2.45, 2.75) is 19.4 Å². The van der Waals surface area contributed by atoms with Crippen LogP contribution in [0.2, 0.25) is 0 Å². The van der Waals surface area contributed by atoms with Crippen molar-refractivity contribution in [2.24, 2.45) is 0 Å². The number of carbonyl (C=O) groups is 1. The number of carbonyl (C=O) groups excluding carboxylic acids is 1. The monoisotopic (exact) mass is 220 g/mol. The van der Waals surface area contributed by atoms with Crippen LogP contribution in [0.15, 0.2) is 18.9 Å². The molecule has 0 fully saturated rings. The second-order valence-corrected chi connectivity index (χ2v) is 3.42. The van der Waals surface area contributed by atoms with E-state index in [9.17, 15) is 4.79 Å². The Morgan fingerprint density at radius 3 is 2.81 bits per heavy atom. The molecular weight excluding hydrogens is 204 g/mol. The van der Waals surface area contributed by atoms with E-state index in [-0.39, 0.29) is 5.97 Å². The van der Waals surface area contributed by atoms with Crippen LogP contribution in [0.3, 0.4) is 0 Å². The lowest BCUT2D eigenvalue weighted by atomic mass is 10.3. The normalized spacial score (nSPS) is 10.0. The molecule has 86 valence electrons. The Hall–Kier alpha value is -1.84. The second kappa shape index (κ2) is 5.90. The summed E-state index contributed by atoms with van der Waals surface area (Å²) in [6.45, 7) is 12.1. The third-order valence-electron chi connectivity index (χ3n) is 2.21. The zero-order chi connectivity index (χ0) is 12.0. The third-order valence-corrected chi connectivity index (χ3v) is 2.21. The first kappa shape index (κ1) is 12.2. The Labute approximate surface area is 94.5 Å². The van der Waals surface area contributed by atoms with E-state index in [2.05, 4.69) is 24.8 Å². The molecule has 4 heteroatoms. The lowest BCUT2D eigenvalue weighted by Gasteiger charge is -2.03. The molecular formula is C12H16N2O2. The topological polar surface area (TPSA) is 44.1 Å². The van der Waals surface area contributed by atoms with Crippen LogP contribution in [0, 0.1) is 0 Å². The molecule has 16 heavy (non-hydrogen) atoms. The minimum Gasteiger partial charge on any atom is -0.463 e. The Morgan fingerprint density at radius 1 is 1.50 bits per heavy atom. The fraction of sp³-hybridized carbons (Fsp3) is 0.333. The lowest BCUT2D eigenvalue weighted by molar-refractivity contribution is -0.137. The number of esters is 1. The number of aromatic nitrogens is 2. The fourth-order valence-electron chi connectivity index (χ4n) is 1.24. The van der Waals surface area contributed by atoms with E-state index in [0.29, 0.717) is 6.61 Å². The van der Waals surface area contributed by atoms with E-state index in [1.807, 2.05) is 0 Å². The predicted molar refractivity (Wildman–Crippen MR) is 62.9 cm³/mol. The summed E-state index contributed by atoms with van der Waals surface area (Å²) in [4.78, 5) is 10.7. The second-order valence-electron chi connectivity index (χ2n) is 3.42. The van der Waals surface area contributed by atoms with Gasteiger partial charge in [0.2, 0.25) is 0 Å². The van der Waals surface area contributed by atoms with Crippen molar-refractivity contribution >= 4 is 19.1 Å². The fourth-order valence-corrected chi connectivity index (χ4v) is 1.24. The van der Waals surface area contributed by atoms with Gasteiger partial charge < -0.3 is 4.74 Å². The molecule has 0 atom stereocenters. The van der Waals surface area contributed by atoms with Crippen molar-refractivity contribution in [3.63, 3.8) is 0 Å². The van der Waals surface area contributed by atoms with Gasteiger partial charge in [-0.1, -0.05) is 19.7 Å². The van der Waals surface area contributed by atoms with Crippen LogP contribution >= 0.6 is 0 Å². The maximum Gasteiger partial charge on any atom is 0.330 e. The van der Waals surface area contributed by atoms with Crippen LogP contribution < -0.4 is 10.6 Å². The first-order valence-electron chi connectivity index (χ1n) is 5.14. The van der Waals surface area contributed by atoms with Crippen LogP contribution in [0.5, 0.6) is 0 Å². The average molecular weight is 220 g/mol. The molecule has 1 heterocycles. The highest BCUT2D eigenvalue weighted by atomic mass is 16.5. The number of rotatable bonds is 6. The van der Waals surface area contributed by atoms with Crippen molar-refractivity contribution in [1.82, 2.24) is 9.78 Å². The maximum absolute atomic E-state index is 10.7. The highest BCUT2D eigenvalue weighted by Gasteiger charge is 1.97.